The van der Waals surface area contributed by atoms with Crippen LogP contribution in [0.1, 0.15) is 11.3 Å². The molecule has 2 rings (SSSR count). The molecule has 102 valence electrons. The summed E-state index contributed by atoms with van der Waals surface area (Å²) in [6, 6.07) is 5.13. The summed E-state index contributed by atoms with van der Waals surface area (Å²) < 4.78 is 20.8. The lowest BCUT2D eigenvalue weighted by molar-refractivity contribution is 0.385. The van der Waals surface area contributed by atoms with Crippen LogP contribution in [0.15, 0.2) is 29.6 Å². The fraction of sp³-hybridized carbons (Fsp3) is 0.308. The molecule has 0 saturated carbocycles. The van der Waals surface area contributed by atoms with E-state index in [0.29, 0.717) is 17.2 Å². The Morgan fingerprint density at radius 1 is 1.47 bits per heavy atom. The van der Waals surface area contributed by atoms with Crippen molar-refractivity contribution >= 4 is 23.4 Å². The van der Waals surface area contributed by atoms with Gasteiger partial charge in [0.15, 0.2) is 16.7 Å². The van der Waals surface area contributed by atoms with Gasteiger partial charge in [0.2, 0.25) is 0 Å². The number of ether oxygens (including phenoxy) is 1. The maximum Gasteiger partial charge on any atom is 0.169 e. The van der Waals surface area contributed by atoms with Crippen LogP contribution in [0.3, 0.4) is 0 Å². The highest BCUT2D eigenvalue weighted by molar-refractivity contribution is 7.98. The van der Waals surface area contributed by atoms with Gasteiger partial charge < -0.3 is 9.30 Å². The number of halogens is 2. The summed E-state index contributed by atoms with van der Waals surface area (Å²) in [5.74, 6) is 0.858. The monoisotopic (exact) mass is 300 g/mol. The van der Waals surface area contributed by atoms with Crippen molar-refractivity contribution < 1.29 is 9.13 Å². The minimum absolute atomic E-state index is 0.263. The van der Waals surface area contributed by atoms with Gasteiger partial charge >= 0.3 is 0 Å². The fourth-order valence-corrected chi connectivity index (χ4v) is 2.85. The third kappa shape index (κ3) is 3.04. The molecular formula is C13H14ClFN2OS. The van der Waals surface area contributed by atoms with Crippen molar-refractivity contribution in [3.63, 3.8) is 0 Å². The lowest BCUT2D eigenvalue weighted by atomic mass is 10.2. The van der Waals surface area contributed by atoms with Crippen molar-refractivity contribution in [3.05, 3.63) is 41.5 Å². The summed E-state index contributed by atoms with van der Waals surface area (Å²) in [6.07, 6.45) is 1.73. The topological polar surface area (TPSA) is 27.1 Å². The van der Waals surface area contributed by atoms with Gasteiger partial charge in [0.05, 0.1) is 24.9 Å². The Morgan fingerprint density at radius 3 is 2.89 bits per heavy atom. The lowest BCUT2D eigenvalue weighted by Gasteiger charge is -2.07. The minimum atomic E-state index is -0.315. The summed E-state index contributed by atoms with van der Waals surface area (Å²) in [5.41, 5.74) is 1.54. The van der Waals surface area contributed by atoms with E-state index in [4.69, 9.17) is 16.3 Å². The van der Waals surface area contributed by atoms with Crippen LogP contribution in [-0.2, 0) is 18.7 Å². The Kier molecular flexibility index (Phi) is 4.71. The van der Waals surface area contributed by atoms with E-state index in [1.54, 1.807) is 24.4 Å². The summed E-state index contributed by atoms with van der Waals surface area (Å²) in [6.45, 7) is 0. The number of imidazole rings is 1. The van der Waals surface area contributed by atoms with Gasteiger partial charge in [-0.1, -0.05) is 23.9 Å². The first kappa shape index (κ1) is 14.2. The Bertz CT molecular complexity index is 574. The van der Waals surface area contributed by atoms with E-state index in [-0.39, 0.29) is 11.6 Å². The van der Waals surface area contributed by atoms with Gasteiger partial charge in [-0.3, -0.25) is 0 Å². The molecule has 1 heterocycles. The molecule has 0 N–H and O–H groups in total. The van der Waals surface area contributed by atoms with Crippen molar-refractivity contribution in [1.82, 2.24) is 9.55 Å². The van der Waals surface area contributed by atoms with Crippen molar-refractivity contribution in [2.45, 2.75) is 16.8 Å². The molecule has 0 aliphatic carbocycles. The second-order valence-corrected chi connectivity index (χ2v) is 5.16. The number of thioether (sulfide) groups is 1. The summed E-state index contributed by atoms with van der Waals surface area (Å²) >= 11 is 7.25. The Morgan fingerprint density at radius 2 is 2.26 bits per heavy atom. The molecular weight excluding hydrogens is 287 g/mol. The van der Waals surface area contributed by atoms with Crippen LogP contribution >= 0.6 is 23.4 Å². The van der Waals surface area contributed by atoms with E-state index < -0.39 is 0 Å². The van der Waals surface area contributed by atoms with Crippen LogP contribution in [-0.4, -0.2) is 16.7 Å². The lowest BCUT2D eigenvalue weighted by Crippen LogP contribution is -1.97. The molecule has 0 amide bonds. The van der Waals surface area contributed by atoms with Crippen molar-refractivity contribution in [2.24, 2.45) is 7.05 Å². The zero-order chi connectivity index (χ0) is 13.8. The van der Waals surface area contributed by atoms with Crippen LogP contribution in [0, 0.1) is 5.82 Å². The van der Waals surface area contributed by atoms with Crippen LogP contribution in [0.2, 0.25) is 0 Å². The van der Waals surface area contributed by atoms with Crippen LogP contribution in [0.25, 0.3) is 0 Å². The number of methoxy groups -OCH3 is 1. The maximum atomic E-state index is 14.0. The number of hydrogen-bond donors (Lipinski definition) is 0. The summed E-state index contributed by atoms with van der Waals surface area (Å²) in [4.78, 5) is 4.26. The normalized spacial score (nSPS) is 10.7. The molecule has 0 saturated heterocycles. The van der Waals surface area contributed by atoms with Gasteiger partial charge in [0, 0.05) is 18.4 Å². The number of aromatic nitrogens is 2. The predicted octanol–water partition coefficient (Wildman–Crippen LogP) is 3.60. The van der Waals surface area contributed by atoms with Gasteiger partial charge in [-0.25, -0.2) is 9.37 Å². The second-order valence-electron chi connectivity index (χ2n) is 3.95. The molecule has 0 radical (unpaired) electrons. The molecule has 3 nitrogen and oxygen atoms in total. The average molecular weight is 301 g/mol. The third-order valence-electron chi connectivity index (χ3n) is 2.80. The molecule has 0 aliphatic heterocycles. The molecule has 0 fully saturated rings. The SMILES string of the molecule is COc1cccc(CSc2ncc(CCl)n2C)c1F. The number of alkyl halides is 1. The van der Waals surface area contributed by atoms with E-state index >= 15 is 0 Å². The number of benzene rings is 1. The van der Waals surface area contributed by atoms with Crippen molar-refractivity contribution in [3.8, 4) is 5.75 Å². The first-order valence-corrected chi connectivity index (χ1v) is 7.20. The predicted molar refractivity (Wildman–Crippen MR) is 75.3 cm³/mol. The van der Waals surface area contributed by atoms with Gasteiger partial charge in [0.25, 0.3) is 0 Å². The van der Waals surface area contributed by atoms with Crippen molar-refractivity contribution in [1.29, 1.82) is 0 Å². The van der Waals surface area contributed by atoms with Gasteiger partial charge in [-0.05, 0) is 6.07 Å². The Hall–Kier alpha value is -1.20. The molecule has 1 aromatic heterocycles. The molecule has 6 heteroatoms. The van der Waals surface area contributed by atoms with Crippen LogP contribution in [0.4, 0.5) is 4.39 Å². The largest absolute Gasteiger partial charge is 0.494 e. The van der Waals surface area contributed by atoms with Gasteiger partial charge in [0.1, 0.15) is 0 Å². The van der Waals surface area contributed by atoms with E-state index in [1.165, 1.54) is 18.9 Å². The highest BCUT2D eigenvalue weighted by Crippen LogP contribution is 2.27. The smallest absolute Gasteiger partial charge is 0.169 e. The molecule has 19 heavy (non-hydrogen) atoms. The van der Waals surface area contributed by atoms with E-state index in [9.17, 15) is 4.39 Å². The number of hydrogen-bond acceptors (Lipinski definition) is 3. The molecule has 0 bridgehead atoms. The van der Waals surface area contributed by atoms with E-state index in [0.717, 1.165) is 10.9 Å². The first-order chi connectivity index (χ1) is 9.17. The average Bonchev–Trinajstić information content (AvgIpc) is 2.78. The van der Waals surface area contributed by atoms with E-state index in [1.807, 2.05) is 11.6 Å². The standard InChI is InChI=1S/C13H14ClFN2OS/c1-17-10(6-14)7-16-13(17)19-8-9-4-3-5-11(18-2)12(9)15/h3-5,7H,6,8H2,1-2H3. The summed E-state index contributed by atoms with van der Waals surface area (Å²) in [5, 5.41) is 0.817. The maximum absolute atomic E-state index is 14.0. The van der Waals surface area contributed by atoms with Gasteiger partial charge in [-0.15, -0.1) is 11.6 Å². The molecule has 1 aromatic carbocycles. The van der Waals surface area contributed by atoms with E-state index in [2.05, 4.69) is 4.98 Å². The minimum Gasteiger partial charge on any atom is -0.494 e. The molecule has 2 aromatic rings. The van der Waals surface area contributed by atoms with Gasteiger partial charge in [-0.2, -0.15) is 0 Å². The second kappa shape index (κ2) is 6.30. The Labute approximate surface area is 120 Å². The fourth-order valence-electron chi connectivity index (χ4n) is 1.65. The highest BCUT2D eigenvalue weighted by atomic mass is 35.5. The quantitative estimate of drug-likeness (QED) is 0.623. The Balaban J connectivity index is 2.12. The number of nitrogens with zero attached hydrogens (tertiary/aromatic N) is 2. The van der Waals surface area contributed by atoms with Crippen LogP contribution in [0.5, 0.6) is 5.75 Å². The molecule has 0 atom stereocenters. The summed E-state index contributed by atoms with van der Waals surface area (Å²) in [7, 11) is 3.36. The molecule has 0 spiro atoms. The van der Waals surface area contributed by atoms with Crippen molar-refractivity contribution in [2.75, 3.05) is 7.11 Å². The zero-order valence-corrected chi connectivity index (χ0v) is 12.3. The molecule has 0 unspecified atom stereocenters. The highest BCUT2D eigenvalue weighted by Gasteiger charge is 2.11. The first-order valence-electron chi connectivity index (χ1n) is 5.68. The third-order valence-corrected chi connectivity index (χ3v) is 4.17. The molecule has 0 aliphatic rings. The number of rotatable bonds is 5. The zero-order valence-electron chi connectivity index (χ0n) is 10.7. The van der Waals surface area contributed by atoms with Crippen LogP contribution < -0.4 is 4.74 Å².